The first-order valence-corrected chi connectivity index (χ1v) is 3.72. The molecule has 1 aliphatic heterocycles. The molecule has 1 aromatic carbocycles. The third-order valence-corrected chi connectivity index (χ3v) is 1.73. The average Bonchev–Trinajstić information content (AvgIpc) is 2.29. The normalized spacial score (nSPS) is 14.2. The molecule has 0 aliphatic carbocycles. The first kappa shape index (κ1) is 6.91. The first-order chi connectivity index (χ1) is 5.88. The number of nitrogens with one attached hydrogen (secondary N) is 1. The van der Waals surface area contributed by atoms with Gasteiger partial charge in [-0.15, -0.1) is 0 Å². The van der Waals surface area contributed by atoms with E-state index in [1.807, 2.05) is 24.3 Å². The van der Waals surface area contributed by atoms with Gasteiger partial charge in [-0.25, -0.2) is 4.99 Å². The molecule has 2 rings (SSSR count). The van der Waals surface area contributed by atoms with E-state index in [9.17, 15) is 0 Å². The molecule has 12 heavy (non-hydrogen) atoms. The molecule has 3 heteroatoms. The maximum absolute atomic E-state index is 5.71. The van der Waals surface area contributed by atoms with E-state index in [4.69, 9.17) is 5.73 Å². The largest absolute Gasteiger partial charge is 0.383 e. The van der Waals surface area contributed by atoms with E-state index in [-0.39, 0.29) is 0 Å². The number of aliphatic imine (C=N–C) groups is 1. The minimum absolute atomic E-state index is 0.548. The second kappa shape index (κ2) is 2.70. The van der Waals surface area contributed by atoms with Crippen LogP contribution in [0.25, 0.3) is 0 Å². The third kappa shape index (κ3) is 1.05. The van der Waals surface area contributed by atoms with Crippen molar-refractivity contribution in [3.8, 4) is 0 Å². The van der Waals surface area contributed by atoms with Gasteiger partial charge < -0.3 is 11.1 Å². The van der Waals surface area contributed by atoms with Crippen LogP contribution >= 0.6 is 0 Å². The highest BCUT2D eigenvalue weighted by Gasteiger charge is 2.04. The smallest absolute Gasteiger partial charge is 0.132 e. The molecule has 0 saturated heterocycles. The second-order valence-corrected chi connectivity index (χ2v) is 2.52. The van der Waals surface area contributed by atoms with Gasteiger partial charge in [0, 0.05) is 23.7 Å². The molecule has 60 valence electrons. The van der Waals surface area contributed by atoms with Gasteiger partial charge in [0.2, 0.25) is 0 Å². The monoisotopic (exact) mass is 159 g/mol. The van der Waals surface area contributed by atoms with E-state index in [0.717, 1.165) is 11.3 Å². The summed E-state index contributed by atoms with van der Waals surface area (Å²) < 4.78 is 0. The number of rotatable bonds is 0. The Bertz CT molecular complexity index is 353. The van der Waals surface area contributed by atoms with E-state index in [0.29, 0.717) is 5.84 Å². The van der Waals surface area contributed by atoms with E-state index >= 15 is 0 Å². The molecule has 0 amide bonds. The Morgan fingerprint density at radius 3 is 3.00 bits per heavy atom. The number of benzene rings is 1. The lowest BCUT2D eigenvalue weighted by Gasteiger charge is -2.04. The molecule has 1 aromatic rings. The molecule has 3 nitrogen and oxygen atoms in total. The summed E-state index contributed by atoms with van der Waals surface area (Å²) in [6.45, 7) is 0. The molecule has 0 atom stereocenters. The highest BCUT2D eigenvalue weighted by Crippen LogP contribution is 2.16. The van der Waals surface area contributed by atoms with Gasteiger partial charge in [0.15, 0.2) is 0 Å². The molecule has 0 aromatic heterocycles. The van der Waals surface area contributed by atoms with E-state index < -0.39 is 0 Å². The Balaban J connectivity index is 2.58. The van der Waals surface area contributed by atoms with E-state index in [1.54, 1.807) is 12.4 Å². The summed E-state index contributed by atoms with van der Waals surface area (Å²) >= 11 is 0. The number of nitrogens with zero attached hydrogens (tertiary/aromatic N) is 1. The lowest BCUT2D eigenvalue weighted by molar-refractivity contribution is 1.49. The summed E-state index contributed by atoms with van der Waals surface area (Å²) in [5, 5.41) is 3.08. The van der Waals surface area contributed by atoms with E-state index in [1.165, 1.54) is 0 Å². The van der Waals surface area contributed by atoms with Crippen LogP contribution in [0.3, 0.4) is 0 Å². The van der Waals surface area contributed by atoms with Gasteiger partial charge in [0.05, 0.1) is 0 Å². The zero-order valence-electron chi connectivity index (χ0n) is 6.49. The molecule has 0 saturated carbocycles. The van der Waals surface area contributed by atoms with Gasteiger partial charge in [-0.05, 0) is 12.1 Å². The molecule has 0 unspecified atom stereocenters. The van der Waals surface area contributed by atoms with Crippen LogP contribution in [-0.2, 0) is 0 Å². The predicted molar refractivity (Wildman–Crippen MR) is 49.9 cm³/mol. The molecule has 0 fully saturated rings. The van der Waals surface area contributed by atoms with Crippen molar-refractivity contribution in [3.05, 3.63) is 42.2 Å². The maximum Gasteiger partial charge on any atom is 0.132 e. The number of hydrogen-bond donors (Lipinski definition) is 2. The zero-order valence-corrected chi connectivity index (χ0v) is 6.49. The van der Waals surface area contributed by atoms with E-state index in [2.05, 4.69) is 10.3 Å². The van der Waals surface area contributed by atoms with Gasteiger partial charge in [-0.2, -0.15) is 0 Å². The van der Waals surface area contributed by atoms with Crippen LogP contribution in [0.5, 0.6) is 0 Å². The zero-order chi connectivity index (χ0) is 8.39. The lowest BCUT2D eigenvalue weighted by Crippen LogP contribution is -2.13. The Kier molecular flexibility index (Phi) is 1.55. The molecule has 0 bridgehead atoms. The van der Waals surface area contributed by atoms with Crippen molar-refractivity contribution in [3.63, 3.8) is 0 Å². The van der Waals surface area contributed by atoms with Crippen molar-refractivity contribution in [2.45, 2.75) is 0 Å². The first-order valence-electron chi connectivity index (χ1n) is 3.72. The number of amidine groups is 1. The highest BCUT2D eigenvalue weighted by molar-refractivity contribution is 6.03. The fourth-order valence-corrected chi connectivity index (χ4v) is 1.15. The van der Waals surface area contributed by atoms with Gasteiger partial charge in [-0.3, -0.25) is 0 Å². The van der Waals surface area contributed by atoms with Gasteiger partial charge in [0.25, 0.3) is 0 Å². The molecule has 0 radical (unpaired) electrons. The van der Waals surface area contributed by atoms with Gasteiger partial charge >= 0.3 is 0 Å². The van der Waals surface area contributed by atoms with Crippen LogP contribution < -0.4 is 11.1 Å². The third-order valence-electron chi connectivity index (χ3n) is 1.73. The standard InChI is InChI=1S/C9H9N3/c10-9-7-3-1-2-4-8(7)11-5-6-12-9/h1-6,11H,(H2,10,12). The molecular formula is C9H9N3. The van der Waals surface area contributed by atoms with Crippen LogP contribution in [0.4, 0.5) is 5.69 Å². The van der Waals surface area contributed by atoms with Crippen LogP contribution in [0.2, 0.25) is 0 Å². The molecule has 1 heterocycles. The number of fused-ring (bicyclic) bond motifs is 1. The van der Waals surface area contributed by atoms with Crippen LogP contribution in [-0.4, -0.2) is 5.84 Å². The molecule has 0 spiro atoms. The average molecular weight is 159 g/mol. The quantitative estimate of drug-likeness (QED) is 0.599. The minimum Gasteiger partial charge on any atom is -0.383 e. The van der Waals surface area contributed by atoms with Crippen molar-refractivity contribution in [1.82, 2.24) is 0 Å². The second-order valence-electron chi connectivity index (χ2n) is 2.52. The highest BCUT2D eigenvalue weighted by atomic mass is 14.9. The maximum atomic E-state index is 5.71. The Hall–Kier alpha value is -1.77. The van der Waals surface area contributed by atoms with Crippen molar-refractivity contribution >= 4 is 11.5 Å². The summed E-state index contributed by atoms with van der Waals surface area (Å²) in [6.07, 6.45) is 3.41. The number of para-hydroxylation sites is 1. The Labute approximate surface area is 70.6 Å². The van der Waals surface area contributed by atoms with Crippen LogP contribution in [0.1, 0.15) is 5.56 Å². The number of nitrogens with two attached hydrogens (primary N) is 1. The molecule has 3 N–H and O–H groups in total. The molecule has 1 aliphatic rings. The van der Waals surface area contributed by atoms with Gasteiger partial charge in [-0.1, -0.05) is 12.1 Å². The van der Waals surface area contributed by atoms with Gasteiger partial charge in [0.1, 0.15) is 5.84 Å². The lowest BCUT2D eigenvalue weighted by atomic mass is 10.1. The SMILES string of the molecule is NC1=NC=CNc2ccccc21. The summed E-state index contributed by atoms with van der Waals surface area (Å²) in [6, 6.07) is 7.80. The number of hydrogen-bond acceptors (Lipinski definition) is 3. The molecular weight excluding hydrogens is 150 g/mol. The summed E-state index contributed by atoms with van der Waals surface area (Å²) in [5.41, 5.74) is 7.64. The van der Waals surface area contributed by atoms with Crippen molar-refractivity contribution in [2.24, 2.45) is 10.7 Å². The number of anilines is 1. The summed E-state index contributed by atoms with van der Waals surface area (Å²) in [4.78, 5) is 4.02. The topological polar surface area (TPSA) is 50.4 Å². The summed E-state index contributed by atoms with van der Waals surface area (Å²) in [5.74, 6) is 0.548. The van der Waals surface area contributed by atoms with Crippen molar-refractivity contribution in [2.75, 3.05) is 5.32 Å². The fraction of sp³-hybridized carbons (Fsp3) is 0. The minimum atomic E-state index is 0.548. The van der Waals surface area contributed by atoms with Crippen molar-refractivity contribution in [1.29, 1.82) is 0 Å². The van der Waals surface area contributed by atoms with Crippen LogP contribution in [0, 0.1) is 0 Å². The Morgan fingerprint density at radius 2 is 2.08 bits per heavy atom. The fourth-order valence-electron chi connectivity index (χ4n) is 1.15. The summed E-state index contributed by atoms with van der Waals surface area (Å²) in [7, 11) is 0. The Morgan fingerprint density at radius 1 is 1.25 bits per heavy atom. The predicted octanol–water partition coefficient (Wildman–Crippen LogP) is 1.29. The van der Waals surface area contributed by atoms with Crippen molar-refractivity contribution < 1.29 is 0 Å². The van der Waals surface area contributed by atoms with Crippen LogP contribution in [0.15, 0.2) is 41.7 Å².